The van der Waals surface area contributed by atoms with Crippen LogP contribution in [0.2, 0.25) is 0 Å². The van der Waals surface area contributed by atoms with Gasteiger partial charge in [-0.25, -0.2) is 4.79 Å². The Morgan fingerprint density at radius 1 is 0.634 bits per heavy atom. The van der Waals surface area contributed by atoms with Gasteiger partial charge in [0.25, 0.3) is 0 Å². The number of aliphatic carboxylic acids is 1. The molecule has 41 heavy (non-hydrogen) atoms. The number of carboxylic acid groups (broad SMARTS) is 1. The molecule has 0 spiro atoms. The minimum Gasteiger partial charge on any atom is -0.504 e. The van der Waals surface area contributed by atoms with Crippen LogP contribution in [0.4, 0.5) is 0 Å². The average molecular weight is 569 g/mol. The summed E-state index contributed by atoms with van der Waals surface area (Å²) in [6.07, 6.45) is 19.3. The molecule has 0 aliphatic carbocycles. The number of phenolic OH excluding ortho intramolecular Hbond substituents is 1. The molecule has 1 rings (SSSR count). The molecular formula is C35H52O6. The van der Waals surface area contributed by atoms with E-state index < -0.39 is 5.97 Å². The van der Waals surface area contributed by atoms with E-state index in [0.29, 0.717) is 29.2 Å². The van der Waals surface area contributed by atoms with Crippen LogP contribution in [0, 0.1) is 6.92 Å². The minimum absolute atomic E-state index is 0.0948. The van der Waals surface area contributed by atoms with Crippen molar-refractivity contribution in [2.75, 3.05) is 21.3 Å². The molecule has 1 aromatic rings. The van der Waals surface area contributed by atoms with Crippen molar-refractivity contribution >= 4 is 5.97 Å². The van der Waals surface area contributed by atoms with E-state index in [-0.39, 0.29) is 5.75 Å². The van der Waals surface area contributed by atoms with Crippen LogP contribution in [0.5, 0.6) is 23.0 Å². The van der Waals surface area contributed by atoms with Crippen LogP contribution in [0.25, 0.3) is 0 Å². The van der Waals surface area contributed by atoms with Gasteiger partial charge in [0, 0.05) is 16.7 Å². The van der Waals surface area contributed by atoms with Gasteiger partial charge in [-0.1, -0.05) is 52.7 Å². The first-order valence-electron chi connectivity index (χ1n) is 14.5. The first kappa shape index (κ1) is 35.6. The van der Waals surface area contributed by atoms with Crippen molar-refractivity contribution in [2.45, 2.75) is 99.3 Å². The van der Waals surface area contributed by atoms with Crippen molar-refractivity contribution in [1.82, 2.24) is 0 Å². The standard InChI is InChI=1S/C35H52O6/c1-24(16-11-17-26(3)20-13-21-28(5)35(37)38)14-10-15-25(2)18-12-19-27(4)22-23-30-29(6)32(39-7)34(41-9)33(40-8)31(30)36/h14,17-18,21-22,36H,10-13,15-16,19-20,23H2,1-9H3,(H,37,38)/b24-14+,25-18+,26-17+,27-22+,28-21-. The monoisotopic (exact) mass is 568 g/mol. The molecule has 6 nitrogen and oxygen atoms in total. The SMILES string of the molecule is COc1c(C)c(C/C=C(\C)CC/C=C(\C)CC/C=C(\C)CC/C=C(\C)CC/C=C(/C)C(=O)O)c(O)c(OC)c1OC. The first-order chi connectivity index (χ1) is 19.5. The second-order valence-electron chi connectivity index (χ2n) is 10.8. The average Bonchev–Trinajstić information content (AvgIpc) is 2.92. The van der Waals surface area contributed by atoms with E-state index >= 15 is 0 Å². The molecule has 0 aliphatic heterocycles. The molecule has 0 saturated carbocycles. The number of carbonyl (C=O) groups is 1. The highest BCUT2D eigenvalue weighted by atomic mass is 16.5. The lowest BCUT2D eigenvalue weighted by Crippen LogP contribution is -2.01. The molecule has 2 N–H and O–H groups in total. The summed E-state index contributed by atoms with van der Waals surface area (Å²) in [6, 6.07) is 0. The third-order valence-electron chi connectivity index (χ3n) is 7.39. The number of benzene rings is 1. The van der Waals surface area contributed by atoms with E-state index in [1.165, 1.54) is 36.5 Å². The fraction of sp³-hybridized carbons (Fsp3) is 0.514. The Labute approximate surface area is 248 Å². The molecule has 0 atom stereocenters. The topological polar surface area (TPSA) is 85.2 Å². The largest absolute Gasteiger partial charge is 0.504 e. The predicted molar refractivity (Wildman–Crippen MR) is 170 cm³/mol. The van der Waals surface area contributed by atoms with Gasteiger partial charge in [-0.15, -0.1) is 0 Å². The number of hydrogen-bond donors (Lipinski definition) is 2. The Morgan fingerprint density at radius 2 is 1.02 bits per heavy atom. The highest BCUT2D eigenvalue weighted by molar-refractivity contribution is 5.85. The van der Waals surface area contributed by atoms with Crippen molar-refractivity contribution in [3.63, 3.8) is 0 Å². The van der Waals surface area contributed by atoms with Crippen molar-refractivity contribution in [2.24, 2.45) is 0 Å². The van der Waals surface area contributed by atoms with Crippen LogP contribution >= 0.6 is 0 Å². The maximum Gasteiger partial charge on any atom is 0.330 e. The van der Waals surface area contributed by atoms with Gasteiger partial charge in [-0.2, -0.15) is 0 Å². The third kappa shape index (κ3) is 12.3. The Balaban J connectivity index is 2.54. The van der Waals surface area contributed by atoms with Crippen molar-refractivity contribution in [3.05, 3.63) is 69.4 Å². The van der Waals surface area contributed by atoms with E-state index in [2.05, 4.69) is 52.0 Å². The number of carboxylic acids is 1. The van der Waals surface area contributed by atoms with Crippen molar-refractivity contribution in [3.8, 4) is 23.0 Å². The molecule has 0 heterocycles. The first-order valence-corrected chi connectivity index (χ1v) is 14.5. The van der Waals surface area contributed by atoms with Gasteiger partial charge in [-0.05, 0) is 99.3 Å². The minimum atomic E-state index is -0.842. The Kier molecular flexibility index (Phi) is 16.4. The summed E-state index contributed by atoms with van der Waals surface area (Å²) in [5, 5.41) is 19.7. The van der Waals surface area contributed by atoms with Crippen LogP contribution in [0.15, 0.2) is 58.2 Å². The summed E-state index contributed by atoms with van der Waals surface area (Å²) in [7, 11) is 4.64. The molecular weight excluding hydrogens is 516 g/mol. The highest BCUT2D eigenvalue weighted by Crippen LogP contribution is 2.49. The maximum atomic E-state index is 10.9. The normalized spacial score (nSPS) is 13.4. The van der Waals surface area contributed by atoms with Gasteiger partial charge in [0.15, 0.2) is 11.5 Å². The number of hydrogen-bond acceptors (Lipinski definition) is 5. The van der Waals surface area contributed by atoms with Crippen LogP contribution in [0.1, 0.15) is 97.1 Å². The Morgan fingerprint density at radius 3 is 1.41 bits per heavy atom. The molecule has 228 valence electrons. The predicted octanol–water partition coefficient (Wildman–Crippen LogP) is 9.21. The number of methoxy groups -OCH3 is 3. The molecule has 0 saturated heterocycles. The van der Waals surface area contributed by atoms with E-state index in [1.54, 1.807) is 20.1 Å². The number of ether oxygens (including phenoxy) is 3. The summed E-state index contributed by atoms with van der Waals surface area (Å²) in [4.78, 5) is 10.9. The summed E-state index contributed by atoms with van der Waals surface area (Å²) in [6.45, 7) is 12.2. The van der Waals surface area contributed by atoms with E-state index in [9.17, 15) is 9.90 Å². The van der Waals surface area contributed by atoms with E-state index in [0.717, 1.165) is 62.5 Å². The van der Waals surface area contributed by atoms with Gasteiger partial charge in [0.05, 0.1) is 21.3 Å². The van der Waals surface area contributed by atoms with E-state index in [1.807, 2.05) is 6.92 Å². The quantitative estimate of drug-likeness (QED) is 0.136. The van der Waals surface area contributed by atoms with E-state index in [4.69, 9.17) is 19.3 Å². The fourth-order valence-electron chi connectivity index (χ4n) is 4.63. The van der Waals surface area contributed by atoms with Gasteiger partial charge < -0.3 is 24.4 Å². The molecule has 0 fully saturated rings. The summed E-state index contributed by atoms with van der Waals surface area (Å²) < 4.78 is 16.3. The summed E-state index contributed by atoms with van der Waals surface area (Å²) in [5.74, 6) is 0.531. The second-order valence-corrected chi connectivity index (χ2v) is 10.8. The molecule has 1 aromatic carbocycles. The van der Waals surface area contributed by atoms with Crippen molar-refractivity contribution in [1.29, 1.82) is 0 Å². The Hall–Kier alpha value is -3.41. The van der Waals surface area contributed by atoms with Gasteiger partial charge in [-0.3, -0.25) is 0 Å². The van der Waals surface area contributed by atoms with Crippen LogP contribution in [-0.4, -0.2) is 37.5 Å². The number of allylic oxidation sites excluding steroid dienone is 9. The summed E-state index contributed by atoms with van der Waals surface area (Å²) in [5.41, 5.74) is 7.43. The lowest BCUT2D eigenvalue weighted by Gasteiger charge is -2.19. The molecule has 0 amide bonds. The molecule has 0 aliphatic rings. The second kappa shape index (κ2) is 18.8. The summed E-state index contributed by atoms with van der Waals surface area (Å²) >= 11 is 0. The van der Waals surface area contributed by atoms with Crippen LogP contribution < -0.4 is 14.2 Å². The van der Waals surface area contributed by atoms with Crippen molar-refractivity contribution < 1.29 is 29.2 Å². The zero-order valence-corrected chi connectivity index (χ0v) is 26.8. The highest BCUT2D eigenvalue weighted by Gasteiger charge is 2.23. The van der Waals surface area contributed by atoms with Gasteiger partial charge in [0.1, 0.15) is 0 Å². The smallest absolute Gasteiger partial charge is 0.330 e. The molecule has 0 radical (unpaired) electrons. The number of rotatable bonds is 18. The third-order valence-corrected chi connectivity index (χ3v) is 7.39. The molecule has 0 unspecified atom stereocenters. The molecule has 0 bridgehead atoms. The lowest BCUT2D eigenvalue weighted by atomic mass is 9.99. The number of aromatic hydroxyl groups is 1. The van der Waals surface area contributed by atoms with Gasteiger partial charge >= 0.3 is 5.97 Å². The molecule has 6 heteroatoms. The fourth-order valence-corrected chi connectivity index (χ4v) is 4.63. The maximum absolute atomic E-state index is 10.9. The van der Waals surface area contributed by atoms with Gasteiger partial charge in [0.2, 0.25) is 11.5 Å². The Bertz CT molecular complexity index is 1130. The zero-order valence-electron chi connectivity index (χ0n) is 26.8. The zero-order chi connectivity index (χ0) is 30.9. The molecule has 0 aromatic heterocycles. The number of phenols is 1. The lowest BCUT2D eigenvalue weighted by molar-refractivity contribution is -0.132. The van der Waals surface area contributed by atoms with Crippen LogP contribution in [0.3, 0.4) is 0 Å². The van der Waals surface area contributed by atoms with Crippen LogP contribution in [-0.2, 0) is 11.2 Å².